The Kier molecular flexibility index (Phi) is 4.02. The molecule has 0 aliphatic rings. The molecular formula is C14H14N4O4S. The Balaban J connectivity index is 1.57. The van der Waals surface area contributed by atoms with Crippen molar-refractivity contribution < 1.29 is 17.6 Å². The number of sulfonamides is 1. The molecule has 0 atom stereocenters. The number of hydrogen-bond acceptors (Lipinski definition) is 5. The molecule has 3 heterocycles. The fourth-order valence-corrected chi connectivity index (χ4v) is 2.97. The normalized spacial score (nSPS) is 11.5. The molecular weight excluding hydrogens is 320 g/mol. The van der Waals surface area contributed by atoms with E-state index in [9.17, 15) is 13.2 Å². The number of fused-ring (bicyclic) bond motifs is 1. The Morgan fingerprint density at radius 2 is 2.17 bits per heavy atom. The third-order valence-corrected chi connectivity index (χ3v) is 4.40. The summed E-state index contributed by atoms with van der Waals surface area (Å²) in [6, 6.07) is 6.56. The van der Waals surface area contributed by atoms with Gasteiger partial charge in [0, 0.05) is 18.9 Å². The van der Waals surface area contributed by atoms with Crippen LogP contribution < -0.4 is 10.0 Å². The molecule has 2 N–H and O–H groups in total. The van der Waals surface area contributed by atoms with E-state index in [1.165, 1.54) is 18.6 Å². The molecule has 0 aliphatic heterocycles. The van der Waals surface area contributed by atoms with Gasteiger partial charge in [-0.15, -0.1) is 0 Å². The van der Waals surface area contributed by atoms with Crippen LogP contribution in [0.1, 0.15) is 10.4 Å². The summed E-state index contributed by atoms with van der Waals surface area (Å²) in [5, 5.41) is 6.55. The molecule has 0 saturated heterocycles. The molecule has 0 saturated carbocycles. The minimum absolute atomic E-state index is 0.00568. The summed E-state index contributed by atoms with van der Waals surface area (Å²) >= 11 is 0. The van der Waals surface area contributed by atoms with Gasteiger partial charge >= 0.3 is 0 Å². The number of anilines is 1. The van der Waals surface area contributed by atoms with E-state index in [1.807, 2.05) is 0 Å². The van der Waals surface area contributed by atoms with Crippen molar-refractivity contribution in [3.63, 3.8) is 0 Å². The van der Waals surface area contributed by atoms with Crippen molar-refractivity contribution in [3.05, 3.63) is 54.7 Å². The molecule has 0 spiro atoms. The zero-order valence-corrected chi connectivity index (χ0v) is 12.8. The van der Waals surface area contributed by atoms with Crippen molar-refractivity contribution in [1.29, 1.82) is 0 Å². The molecule has 0 unspecified atom stereocenters. The number of carbonyl (C=O) groups is 1. The van der Waals surface area contributed by atoms with Gasteiger partial charge in [0.25, 0.3) is 5.91 Å². The van der Waals surface area contributed by atoms with E-state index in [0.29, 0.717) is 11.3 Å². The number of nitrogens with one attached hydrogen (secondary N) is 2. The van der Waals surface area contributed by atoms with Gasteiger partial charge in [0.05, 0.1) is 28.8 Å². The quantitative estimate of drug-likeness (QED) is 0.702. The molecule has 9 heteroatoms. The lowest BCUT2D eigenvalue weighted by atomic mass is 10.3. The molecule has 3 aromatic heterocycles. The molecule has 8 nitrogen and oxygen atoms in total. The number of carbonyl (C=O) groups excluding carboxylic acids is 1. The van der Waals surface area contributed by atoms with Gasteiger partial charge < -0.3 is 9.73 Å². The Bertz CT molecular complexity index is 915. The van der Waals surface area contributed by atoms with E-state index in [2.05, 4.69) is 15.1 Å². The maximum Gasteiger partial charge on any atom is 0.254 e. The summed E-state index contributed by atoms with van der Waals surface area (Å²) in [4.78, 5) is 11.7. The Hall–Kier alpha value is -2.81. The third kappa shape index (κ3) is 3.69. The highest BCUT2D eigenvalue weighted by atomic mass is 32.2. The average molecular weight is 334 g/mol. The molecule has 0 fully saturated rings. The molecule has 0 bridgehead atoms. The summed E-state index contributed by atoms with van der Waals surface area (Å²) in [6.45, 7) is -0.00568. The molecule has 3 rings (SSSR count). The Labute approximate surface area is 132 Å². The summed E-state index contributed by atoms with van der Waals surface area (Å²) in [5.74, 6) is -0.615. The van der Waals surface area contributed by atoms with Gasteiger partial charge in [0.2, 0.25) is 10.0 Å². The van der Waals surface area contributed by atoms with Crippen LogP contribution in [0.5, 0.6) is 0 Å². The highest BCUT2D eigenvalue weighted by Crippen LogP contribution is 2.13. The van der Waals surface area contributed by atoms with Crippen molar-refractivity contribution in [2.45, 2.75) is 0 Å². The van der Waals surface area contributed by atoms with Crippen molar-refractivity contribution >= 4 is 27.1 Å². The van der Waals surface area contributed by atoms with Crippen LogP contribution in [0, 0.1) is 0 Å². The van der Waals surface area contributed by atoms with Crippen LogP contribution in [-0.4, -0.2) is 36.2 Å². The van der Waals surface area contributed by atoms with Gasteiger partial charge in [-0.05, 0) is 24.3 Å². The maximum atomic E-state index is 12.0. The van der Waals surface area contributed by atoms with Gasteiger partial charge in [-0.2, -0.15) is 5.10 Å². The molecule has 0 aliphatic carbocycles. The fraction of sp³-hybridized carbons (Fsp3) is 0.143. The minimum atomic E-state index is -3.57. The van der Waals surface area contributed by atoms with Crippen LogP contribution >= 0.6 is 0 Å². The van der Waals surface area contributed by atoms with Crippen molar-refractivity contribution in [3.8, 4) is 0 Å². The van der Waals surface area contributed by atoms with Crippen molar-refractivity contribution in [2.75, 3.05) is 17.0 Å². The summed E-state index contributed by atoms with van der Waals surface area (Å²) in [5.41, 5.74) is 1.57. The second-order valence-corrected chi connectivity index (χ2v) is 6.65. The first-order chi connectivity index (χ1) is 11.0. The van der Waals surface area contributed by atoms with E-state index in [-0.39, 0.29) is 18.2 Å². The van der Waals surface area contributed by atoms with Crippen LogP contribution in [0.3, 0.4) is 0 Å². The number of hydrogen-bond donors (Lipinski definition) is 2. The average Bonchev–Trinajstić information content (AvgIpc) is 3.17. The standard InChI is InChI=1S/C14H14N4O4S/c19-14(11-3-7-22-10-11)15-5-8-23(20,21)17-12-2-6-18-13(9-12)1-4-16-18/h1-4,6-7,9-10,17H,5,8H2,(H,15,19). The van der Waals surface area contributed by atoms with Crippen LogP contribution in [0.2, 0.25) is 0 Å². The van der Waals surface area contributed by atoms with Gasteiger partial charge in [-0.25, -0.2) is 12.9 Å². The fourth-order valence-electron chi connectivity index (χ4n) is 2.01. The van der Waals surface area contributed by atoms with E-state index in [0.717, 1.165) is 5.52 Å². The molecule has 3 aromatic rings. The zero-order valence-electron chi connectivity index (χ0n) is 12.0. The van der Waals surface area contributed by atoms with Crippen molar-refractivity contribution in [1.82, 2.24) is 14.9 Å². The number of amides is 1. The van der Waals surface area contributed by atoms with E-state index in [1.54, 1.807) is 35.1 Å². The molecule has 0 aromatic carbocycles. The van der Waals surface area contributed by atoms with E-state index < -0.39 is 10.0 Å². The van der Waals surface area contributed by atoms with Crippen LogP contribution in [-0.2, 0) is 10.0 Å². The second kappa shape index (κ2) is 6.13. The number of aromatic nitrogens is 2. The first-order valence-corrected chi connectivity index (χ1v) is 8.43. The van der Waals surface area contributed by atoms with Crippen molar-refractivity contribution in [2.24, 2.45) is 0 Å². The lowest BCUT2D eigenvalue weighted by Crippen LogP contribution is -2.31. The van der Waals surface area contributed by atoms with Gasteiger partial charge in [0.15, 0.2) is 0 Å². The molecule has 1 amide bonds. The Morgan fingerprint density at radius 3 is 2.96 bits per heavy atom. The first-order valence-electron chi connectivity index (χ1n) is 6.78. The predicted molar refractivity (Wildman–Crippen MR) is 83.6 cm³/mol. The number of nitrogens with zero attached hydrogens (tertiary/aromatic N) is 2. The van der Waals surface area contributed by atoms with Gasteiger partial charge in [-0.1, -0.05) is 0 Å². The SMILES string of the molecule is O=C(NCCS(=O)(=O)Nc1ccn2nccc2c1)c1ccoc1. The summed E-state index contributed by atoms with van der Waals surface area (Å²) < 4.78 is 33.0. The van der Waals surface area contributed by atoms with Crippen LogP contribution in [0.15, 0.2) is 53.6 Å². The van der Waals surface area contributed by atoms with Gasteiger partial charge in [-0.3, -0.25) is 9.52 Å². The minimum Gasteiger partial charge on any atom is -0.472 e. The molecule has 0 radical (unpaired) electrons. The summed E-state index contributed by atoms with van der Waals surface area (Å²) in [7, 11) is -3.57. The highest BCUT2D eigenvalue weighted by molar-refractivity contribution is 7.92. The summed E-state index contributed by atoms with van der Waals surface area (Å²) in [6.07, 6.45) is 5.95. The topological polar surface area (TPSA) is 106 Å². The number of furan rings is 1. The van der Waals surface area contributed by atoms with Crippen LogP contribution in [0.25, 0.3) is 5.52 Å². The number of pyridine rings is 1. The second-order valence-electron chi connectivity index (χ2n) is 4.80. The lowest BCUT2D eigenvalue weighted by molar-refractivity contribution is 0.0955. The zero-order chi connectivity index (χ0) is 16.3. The predicted octanol–water partition coefficient (Wildman–Crippen LogP) is 1.10. The maximum absolute atomic E-state index is 12.0. The first kappa shape index (κ1) is 15.1. The van der Waals surface area contributed by atoms with E-state index >= 15 is 0 Å². The Morgan fingerprint density at radius 1 is 1.30 bits per heavy atom. The number of rotatable bonds is 6. The smallest absolute Gasteiger partial charge is 0.254 e. The van der Waals surface area contributed by atoms with Gasteiger partial charge in [0.1, 0.15) is 6.26 Å². The third-order valence-electron chi connectivity index (χ3n) is 3.11. The largest absolute Gasteiger partial charge is 0.472 e. The highest BCUT2D eigenvalue weighted by Gasteiger charge is 2.13. The monoisotopic (exact) mass is 334 g/mol. The van der Waals surface area contributed by atoms with Crippen LogP contribution in [0.4, 0.5) is 5.69 Å². The lowest BCUT2D eigenvalue weighted by Gasteiger charge is -2.09. The molecule has 23 heavy (non-hydrogen) atoms. The van der Waals surface area contributed by atoms with E-state index in [4.69, 9.17) is 4.42 Å². The molecule has 120 valence electrons.